The molecule has 1 aromatic rings. The van der Waals surface area contributed by atoms with Crippen molar-refractivity contribution in [3.05, 3.63) is 35.6 Å². The lowest BCUT2D eigenvalue weighted by Gasteiger charge is -2.19. The second-order valence-electron chi connectivity index (χ2n) is 3.45. The fourth-order valence-corrected chi connectivity index (χ4v) is 1.20. The molecule has 0 spiro atoms. The highest BCUT2D eigenvalue weighted by molar-refractivity contribution is 5.18. The van der Waals surface area contributed by atoms with Crippen molar-refractivity contribution in [2.45, 2.75) is 24.7 Å². The third-order valence-corrected chi connectivity index (χ3v) is 2.15. The Kier molecular flexibility index (Phi) is 3.88. The standard InChI is InChI=1S/C10H11F4NO/c11-7-3-1-6(2-4-7)8(16)5-9(15)10(12,13)14/h1-4,8-9,16H,5,15H2. The molecule has 1 aromatic carbocycles. The normalized spacial score (nSPS) is 15.9. The van der Waals surface area contributed by atoms with Gasteiger partial charge in [0.05, 0.1) is 6.10 Å². The van der Waals surface area contributed by atoms with Crippen molar-refractivity contribution in [2.24, 2.45) is 5.73 Å². The maximum Gasteiger partial charge on any atom is 0.403 e. The van der Waals surface area contributed by atoms with E-state index in [1.54, 1.807) is 0 Å². The number of hydrogen-bond acceptors (Lipinski definition) is 2. The highest BCUT2D eigenvalue weighted by Crippen LogP contribution is 2.26. The molecule has 0 amide bonds. The number of halogens is 4. The summed E-state index contributed by atoms with van der Waals surface area (Å²) in [7, 11) is 0. The molecule has 0 radical (unpaired) electrons. The van der Waals surface area contributed by atoms with Crippen LogP contribution >= 0.6 is 0 Å². The van der Waals surface area contributed by atoms with Crippen LogP contribution < -0.4 is 5.73 Å². The van der Waals surface area contributed by atoms with Gasteiger partial charge in [-0.05, 0) is 17.7 Å². The zero-order chi connectivity index (χ0) is 12.3. The maximum absolute atomic E-state index is 12.5. The van der Waals surface area contributed by atoms with Crippen molar-refractivity contribution >= 4 is 0 Å². The van der Waals surface area contributed by atoms with E-state index in [0.29, 0.717) is 0 Å². The van der Waals surface area contributed by atoms with Gasteiger partial charge in [-0.1, -0.05) is 12.1 Å². The zero-order valence-electron chi connectivity index (χ0n) is 8.21. The van der Waals surface area contributed by atoms with Gasteiger partial charge in [0.2, 0.25) is 0 Å². The van der Waals surface area contributed by atoms with Crippen LogP contribution in [0.2, 0.25) is 0 Å². The fourth-order valence-electron chi connectivity index (χ4n) is 1.20. The highest BCUT2D eigenvalue weighted by Gasteiger charge is 2.37. The van der Waals surface area contributed by atoms with Gasteiger partial charge in [0.1, 0.15) is 11.9 Å². The topological polar surface area (TPSA) is 46.2 Å². The van der Waals surface area contributed by atoms with Gasteiger partial charge in [-0.25, -0.2) is 4.39 Å². The molecule has 0 heterocycles. The van der Waals surface area contributed by atoms with E-state index in [1.165, 1.54) is 12.1 Å². The Morgan fingerprint density at radius 3 is 2.12 bits per heavy atom. The van der Waals surface area contributed by atoms with E-state index in [2.05, 4.69) is 0 Å². The Hall–Kier alpha value is -1.14. The Morgan fingerprint density at radius 1 is 1.19 bits per heavy atom. The lowest BCUT2D eigenvalue weighted by molar-refractivity contribution is -0.153. The summed E-state index contributed by atoms with van der Waals surface area (Å²) < 4.78 is 48.8. The van der Waals surface area contributed by atoms with Crippen LogP contribution in [0.25, 0.3) is 0 Å². The number of aliphatic hydroxyl groups is 1. The van der Waals surface area contributed by atoms with Crippen molar-refractivity contribution < 1.29 is 22.7 Å². The minimum atomic E-state index is -4.54. The molecule has 1 rings (SSSR count). The SMILES string of the molecule is NC(CC(O)c1ccc(F)cc1)C(F)(F)F. The fraction of sp³-hybridized carbons (Fsp3) is 0.400. The molecule has 0 aliphatic carbocycles. The summed E-state index contributed by atoms with van der Waals surface area (Å²) >= 11 is 0. The molecule has 0 saturated heterocycles. The van der Waals surface area contributed by atoms with Crippen LogP contribution in [0.4, 0.5) is 17.6 Å². The smallest absolute Gasteiger partial charge is 0.388 e. The van der Waals surface area contributed by atoms with E-state index >= 15 is 0 Å². The summed E-state index contributed by atoms with van der Waals surface area (Å²) in [5, 5.41) is 9.44. The minimum Gasteiger partial charge on any atom is -0.388 e. The highest BCUT2D eigenvalue weighted by atomic mass is 19.4. The molecule has 0 aliphatic rings. The van der Waals surface area contributed by atoms with E-state index < -0.39 is 30.6 Å². The minimum absolute atomic E-state index is 0.209. The molecule has 2 atom stereocenters. The number of benzene rings is 1. The molecule has 0 bridgehead atoms. The van der Waals surface area contributed by atoms with E-state index in [4.69, 9.17) is 5.73 Å². The first-order chi connectivity index (χ1) is 7.30. The first kappa shape index (κ1) is 12.9. The maximum atomic E-state index is 12.5. The summed E-state index contributed by atoms with van der Waals surface area (Å²) in [6.45, 7) is 0. The summed E-state index contributed by atoms with van der Waals surface area (Å²) in [6.07, 6.45) is -6.53. The number of rotatable bonds is 3. The third-order valence-electron chi connectivity index (χ3n) is 2.15. The van der Waals surface area contributed by atoms with Crippen LogP contribution in [0.5, 0.6) is 0 Å². The van der Waals surface area contributed by atoms with Crippen molar-refractivity contribution in [2.75, 3.05) is 0 Å². The first-order valence-corrected chi connectivity index (χ1v) is 4.56. The van der Waals surface area contributed by atoms with Crippen molar-refractivity contribution in [3.8, 4) is 0 Å². The van der Waals surface area contributed by atoms with Gasteiger partial charge in [0.15, 0.2) is 0 Å². The van der Waals surface area contributed by atoms with Crippen molar-refractivity contribution in [1.29, 1.82) is 0 Å². The average molecular weight is 237 g/mol. The van der Waals surface area contributed by atoms with Crippen LogP contribution in [0.15, 0.2) is 24.3 Å². The molecule has 0 aliphatic heterocycles. The monoisotopic (exact) mass is 237 g/mol. The second-order valence-corrected chi connectivity index (χ2v) is 3.45. The zero-order valence-corrected chi connectivity index (χ0v) is 8.21. The van der Waals surface area contributed by atoms with Gasteiger partial charge < -0.3 is 10.8 Å². The van der Waals surface area contributed by atoms with Crippen LogP contribution in [0.1, 0.15) is 18.1 Å². The Bertz CT molecular complexity index is 336. The molecule has 90 valence electrons. The molecule has 2 unspecified atom stereocenters. The van der Waals surface area contributed by atoms with Gasteiger partial charge >= 0.3 is 6.18 Å². The molecule has 0 aromatic heterocycles. The largest absolute Gasteiger partial charge is 0.403 e. The third kappa shape index (κ3) is 3.46. The van der Waals surface area contributed by atoms with E-state index in [0.717, 1.165) is 12.1 Å². The number of nitrogens with two attached hydrogens (primary N) is 1. The van der Waals surface area contributed by atoms with Crippen LogP contribution in [-0.2, 0) is 0 Å². The summed E-state index contributed by atoms with van der Waals surface area (Å²) in [6, 6.07) is 2.49. The average Bonchev–Trinajstić information content (AvgIpc) is 2.17. The first-order valence-electron chi connectivity index (χ1n) is 4.56. The van der Waals surface area contributed by atoms with Gasteiger partial charge in [-0.3, -0.25) is 0 Å². The second kappa shape index (κ2) is 4.80. The Labute approximate surface area is 89.7 Å². The molecule has 0 fully saturated rings. The van der Waals surface area contributed by atoms with E-state index in [-0.39, 0.29) is 5.56 Å². The van der Waals surface area contributed by atoms with Crippen molar-refractivity contribution in [3.63, 3.8) is 0 Å². The Morgan fingerprint density at radius 2 is 1.69 bits per heavy atom. The quantitative estimate of drug-likeness (QED) is 0.791. The van der Waals surface area contributed by atoms with Crippen molar-refractivity contribution in [1.82, 2.24) is 0 Å². The number of hydrogen-bond donors (Lipinski definition) is 2. The number of alkyl halides is 3. The summed E-state index contributed by atoms with van der Waals surface area (Å²) in [4.78, 5) is 0. The van der Waals surface area contributed by atoms with E-state index in [1.807, 2.05) is 0 Å². The molecular formula is C10H11F4NO. The Balaban J connectivity index is 2.65. The number of aliphatic hydroxyl groups excluding tert-OH is 1. The van der Waals surface area contributed by atoms with Crippen LogP contribution in [-0.4, -0.2) is 17.3 Å². The molecule has 3 N–H and O–H groups in total. The molecule has 0 saturated carbocycles. The van der Waals surface area contributed by atoms with Gasteiger partial charge in [-0.2, -0.15) is 13.2 Å². The van der Waals surface area contributed by atoms with E-state index in [9.17, 15) is 22.7 Å². The van der Waals surface area contributed by atoms with Crippen LogP contribution in [0.3, 0.4) is 0 Å². The molecule has 16 heavy (non-hydrogen) atoms. The lowest BCUT2D eigenvalue weighted by atomic mass is 10.0. The summed E-state index contributed by atoms with van der Waals surface area (Å²) in [5.74, 6) is -0.518. The van der Waals surface area contributed by atoms with Gasteiger partial charge in [0, 0.05) is 6.42 Å². The predicted octanol–water partition coefficient (Wildman–Crippen LogP) is 2.14. The lowest BCUT2D eigenvalue weighted by Crippen LogP contribution is -2.38. The molecule has 2 nitrogen and oxygen atoms in total. The van der Waals surface area contributed by atoms with Crippen LogP contribution in [0, 0.1) is 5.82 Å². The molecule has 6 heteroatoms. The predicted molar refractivity (Wildman–Crippen MR) is 50.0 cm³/mol. The van der Waals surface area contributed by atoms with Gasteiger partial charge in [0.25, 0.3) is 0 Å². The molecular weight excluding hydrogens is 226 g/mol. The van der Waals surface area contributed by atoms with Gasteiger partial charge in [-0.15, -0.1) is 0 Å². The summed E-state index contributed by atoms with van der Waals surface area (Å²) in [5.41, 5.74) is 5.07.